The third kappa shape index (κ3) is 2.00. The molecular formula is C18H20N4OS2. The number of nitrogens with two attached hydrogens (primary N) is 1. The minimum atomic E-state index is -1.07. The van der Waals surface area contributed by atoms with Crippen LogP contribution in [0.1, 0.15) is 25.3 Å². The van der Waals surface area contributed by atoms with Crippen LogP contribution in [0.3, 0.4) is 0 Å². The molecule has 1 saturated carbocycles. The van der Waals surface area contributed by atoms with Gasteiger partial charge in [0, 0.05) is 5.92 Å². The zero-order valence-corrected chi connectivity index (χ0v) is 16.1. The van der Waals surface area contributed by atoms with Crippen LogP contribution in [-0.4, -0.2) is 28.7 Å². The number of methoxy groups -OCH3 is 1. The number of nitriles is 2. The van der Waals surface area contributed by atoms with E-state index in [1.807, 2.05) is 38.1 Å². The number of rotatable bonds is 6. The summed E-state index contributed by atoms with van der Waals surface area (Å²) >= 11 is 3.20. The van der Waals surface area contributed by atoms with Gasteiger partial charge in [0.2, 0.25) is 0 Å². The third-order valence-electron chi connectivity index (χ3n) is 5.03. The van der Waals surface area contributed by atoms with Gasteiger partial charge in [0.15, 0.2) is 4.20 Å². The van der Waals surface area contributed by atoms with Crippen molar-refractivity contribution in [3.8, 4) is 17.9 Å². The summed E-state index contributed by atoms with van der Waals surface area (Å²) in [5.41, 5.74) is 5.14. The Morgan fingerprint density at radius 2 is 1.92 bits per heavy atom. The number of nitrogens with zero attached hydrogens (tertiary/aromatic N) is 3. The molecule has 130 valence electrons. The lowest BCUT2D eigenvalue weighted by Gasteiger charge is -2.31. The second kappa shape index (κ2) is 6.16. The van der Waals surface area contributed by atoms with Crippen LogP contribution in [0.2, 0.25) is 0 Å². The maximum atomic E-state index is 10.2. The molecule has 0 bridgehead atoms. The smallest absolute Gasteiger partial charge is 0.175 e. The first-order chi connectivity index (χ1) is 12.0. The highest BCUT2D eigenvalue weighted by Gasteiger charge is 2.91. The molecule has 1 aromatic carbocycles. The van der Waals surface area contributed by atoms with Crippen molar-refractivity contribution in [2.24, 2.45) is 21.6 Å². The van der Waals surface area contributed by atoms with Crippen molar-refractivity contribution < 1.29 is 4.74 Å². The van der Waals surface area contributed by atoms with Crippen molar-refractivity contribution in [1.82, 2.24) is 0 Å². The van der Waals surface area contributed by atoms with Gasteiger partial charge in [-0.1, -0.05) is 26.0 Å². The summed E-state index contributed by atoms with van der Waals surface area (Å²) in [6.07, 6.45) is 0. The van der Waals surface area contributed by atoms with Crippen LogP contribution in [-0.2, 0) is 0 Å². The number of hydrogen-bond donors (Lipinski definition) is 1. The highest BCUT2D eigenvalue weighted by atomic mass is 32.2. The lowest BCUT2D eigenvalue weighted by atomic mass is 9.97. The lowest BCUT2D eigenvalue weighted by molar-refractivity contribution is 0.414. The Morgan fingerprint density at radius 1 is 1.24 bits per heavy atom. The highest BCUT2D eigenvalue weighted by Crippen LogP contribution is 2.85. The summed E-state index contributed by atoms with van der Waals surface area (Å²) in [5.74, 6) is 2.27. The average molecular weight is 373 g/mol. The molecule has 2 aliphatic rings. The van der Waals surface area contributed by atoms with E-state index in [1.165, 1.54) is 0 Å². The third-order valence-corrected chi connectivity index (χ3v) is 7.93. The van der Waals surface area contributed by atoms with Crippen molar-refractivity contribution in [3.63, 3.8) is 0 Å². The van der Waals surface area contributed by atoms with E-state index in [1.54, 1.807) is 30.6 Å². The number of hydrogen-bond acceptors (Lipinski definition) is 7. The van der Waals surface area contributed by atoms with Gasteiger partial charge in [0.1, 0.15) is 22.4 Å². The van der Waals surface area contributed by atoms with Gasteiger partial charge in [-0.3, -0.25) is 0 Å². The largest absolute Gasteiger partial charge is 0.497 e. The Balaban J connectivity index is 2.21. The molecule has 0 spiro atoms. The van der Waals surface area contributed by atoms with Gasteiger partial charge in [-0.05, 0) is 29.2 Å². The Bertz CT molecular complexity index is 806. The summed E-state index contributed by atoms with van der Waals surface area (Å²) in [6.45, 7) is 4.07. The van der Waals surface area contributed by atoms with E-state index in [9.17, 15) is 10.5 Å². The van der Waals surface area contributed by atoms with Gasteiger partial charge in [-0.25, -0.2) is 4.99 Å². The first-order valence-corrected chi connectivity index (χ1v) is 10.1. The molecule has 7 heteroatoms. The molecule has 1 aliphatic heterocycles. The van der Waals surface area contributed by atoms with E-state index >= 15 is 0 Å². The Morgan fingerprint density at radius 3 is 2.44 bits per heavy atom. The standard InChI is InChI=1S/C18H20N4OS2/c1-4-24-18(25-5-2)17(11-20)14(16(17,10-19)15(21)22-18)12-7-6-8-13(9-12)23-3/h6-9,14H,4-5H2,1-3H3,(H2,21,22). The Kier molecular flexibility index (Phi) is 4.43. The van der Waals surface area contributed by atoms with Gasteiger partial charge in [-0.2, -0.15) is 10.5 Å². The number of amidine groups is 1. The molecule has 3 atom stereocenters. The van der Waals surface area contributed by atoms with Crippen LogP contribution >= 0.6 is 23.5 Å². The summed E-state index contributed by atoms with van der Waals surface area (Å²) in [7, 11) is 1.60. The molecule has 0 radical (unpaired) electrons. The van der Waals surface area contributed by atoms with E-state index in [-0.39, 0.29) is 11.8 Å². The molecule has 0 aromatic heterocycles. The van der Waals surface area contributed by atoms with E-state index in [0.717, 1.165) is 17.1 Å². The fourth-order valence-electron chi connectivity index (χ4n) is 4.07. The first-order valence-electron chi connectivity index (χ1n) is 8.13. The Labute approximate surface area is 156 Å². The van der Waals surface area contributed by atoms with E-state index in [0.29, 0.717) is 5.75 Å². The zero-order chi connectivity index (χ0) is 18.3. The van der Waals surface area contributed by atoms with Gasteiger partial charge in [0.25, 0.3) is 0 Å². The predicted octanol–water partition coefficient (Wildman–Crippen LogP) is 3.34. The molecule has 0 amide bonds. The molecule has 3 unspecified atom stereocenters. The van der Waals surface area contributed by atoms with Crippen LogP contribution in [0.15, 0.2) is 29.3 Å². The number of thioether (sulfide) groups is 2. The maximum Gasteiger partial charge on any atom is 0.175 e. The predicted molar refractivity (Wildman–Crippen MR) is 102 cm³/mol. The lowest BCUT2D eigenvalue weighted by Crippen LogP contribution is -2.31. The normalized spacial score (nSPS) is 31.4. The molecule has 1 aromatic rings. The Hall–Kier alpha value is -1.83. The number of fused-ring (bicyclic) bond motifs is 1. The van der Waals surface area contributed by atoms with Crippen molar-refractivity contribution in [2.75, 3.05) is 18.6 Å². The molecule has 1 fully saturated rings. The molecule has 3 rings (SSSR count). The van der Waals surface area contributed by atoms with Crippen LogP contribution in [0, 0.1) is 33.5 Å². The highest BCUT2D eigenvalue weighted by molar-refractivity contribution is 8.18. The second-order valence-corrected chi connectivity index (χ2v) is 9.17. The topological polar surface area (TPSA) is 95.2 Å². The summed E-state index contributed by atoms with van der Waals surface area (Å²) in [6, 6.07) is 12.4. The molecule has 1 heterocycles. The monoisotopic (exact) mass is 372 g/mol. The molecular weight excluding hydrogens is 352 g/mol. The van der Waals surface area contributed by atoms with Crippen LogP contribution < -0.4 is 10.5 Å². The van der Waals surface area contributed by atoms with Gasteiger partial charge in [-0.15, -0.1) is 23.5 Å². The van der Waals surface area contributed by atoms with Crippen molar-refractivity contribution in [2.45, 2.75) is 24.0 Å². The van der Waals surface area contributed by atoms with Gasteiger partial charge < -0.3 is 10.5 Å². The van der Waals surface area contributed by atoms with Gasteiger partial charge >= 0.3 is 0 Å². The summed E-state index contributed by atoms with van der Waals surface area (Å²) in [5, 5.41) is 20.3. The summed E-state index contributed by atoms with van der Waals surface area (Å²) in [4.78, 5) is 4.68. The van der Waals surface area contributed by atoms with Crippen molar-refractivity contribution >= 4 is 29.4 Å². The number of benzene rings is 1. The zero-order valence-electron chi connectivity index (χ0n) is 14.4. The maximum absolute atomic E-state index is 10.2. The fourth-order valence-corrected chi connectivity index (χ4v) is 7.32. The molecule has 1 aliphatic carbocycles. The first kappa shape index (κ1) is 18.0. The van der Waals surface area contributed by atoms with E-state index < -0.39 is 15.0 Å². The van der Waals surface area contributed by atoms with Gasteiger partial charge in [0.05, 0.1) is 19.2 Å². The van der Waals surface area contributed by atoms with Crippen LogP contribution in [0.5, 0.6) is 5.75 Å². The van der Waals surface area contributed by atoms with E-state index in [4.69, 9.17) is 10.5 Å². The minimum absolute atomic E-state index is 0.284. The van der Waals surface area contributed by atoms with Crippen molar-refractivity contribution in [1.29, 1.82) is 10.5 Å². The fraction of sp³-hybridized carbons (Fsp3) is 0.500. The average Bonchev–Trinajstić information content (AvgIpc) is 3.21. The van der Waals surface area contributed by atoms with E-state index in [2.05, 4.69) is 17.1 Å². The molecule has 25 heavy (non-hydrogen) atoms. The SMILES string of the molecule is CCSC1(SCC)N=C(N)C2(C#N)C(c3cccc(OC)c3)C12C#N. The number of aliphatic imine (C=N–C) groups is 1. The number of ether oxygens (including phenoxy) is 1. The second-order valence-electron chi connectivity index (χ2n) is 5.99. The molecule has 5 nitrogen and oxygen atoms in total. The van der Waals surface area contributed by atoms with Crippen LogP contribution in [0.25, 0.3) is 0 Å². The molecule has 2 N–H and O–H groups in total. The quantitative estimate of drug-likeness (QED) is 0.770. The molecule has 0 saturated heterocycles. The minimum Gasteiger partial charge on any atom is -0.497 e. The van der Waals surface area contributed by atoms with Crippen molar-refractivity contribution in [3.05, 3.63) is 29.8 Å². The van der Waals surface area contributed by atoms with Crippen LogP contribution in [0.4, 0.5) is 0 Å². The summed E-state index contributed by atoms with van der Waals surface area (Å²) < 4.78 is 4.57.